The van der Waals surface area contributed by atoms with Gasteiger partial charge in [-0.15, -0.1) is 11.3 Å². The van der Waals surface area contributed by atoms with E-state index in [0.29, 0.717) is 0 Å². The zero-order valence-corrected chi connectivity index (χ0v) is 77.5. The van der Waals surface area contributed by atoms with Gasteiger partial charge in [0, 0.05) is 36.9 Å². The van der Waals surface area contributed by atoms with Crippen LogP contribution < -0.4 is 70.4 Å². The molecule has 22 rings (SSSR count). The van der Waals surface area contributed by atoms with Gasteiger partial charge in [0.1, 0.15) is 81.5 Å². The molecule has 0 radical (unpaired) electrons. The number of benzene rings is 6. The molecule has 0 spiro atoms. The molecule has 52 heteroatoms. The molecule has 12 N–H and O–H groups in total. The number of carbonyl (C=O) groups excluding carboxylic acids is 3. The van der Waals surface area contributed by atoms with E-state index in [-0.39, 0.29) is 134 Å². The quantitative estimate of drug-likeness (QED) is 0.0248. The van der Waals surface area contributed by atoms with Gasteiger partial charge in [0.2, 0.25) is 37.5 Å². The molecule has 142 heavy (non-hydrogen) atoms. The number of esters is 3. The molecule has 9 fully saturated rings. The van der Waals surface area contributed by atoms with E-state index in [0.717, 1.165) is 43.4 Å². The zero-order valence-electron chi connectivity index (χ0n) is 91.0. The molecule has 0 saturated carbocycles. The first-order valence-corrected chi connectivity index (χ1v) is 48.7. The maximum Gasteiger partial charge on any atom is 0.525 e. The molecule has 15 aliphatic rings. The van der Waals surface area contributed by atoms with Crippen LogP contribution >= 0.6 is 34.8 Å². The number of aliphatic hydroxyl groups excluding tert-OH is 6. The van der Waals surface area contributed by atoms with Gasteiger partial charge in [-0.2, -0.15) is 0 Å². The van der Waals surface area contributed by atoms with Gasteiger partial charge in [0.25, 0.3) is 0 Å². The Morgan fingerprint density at radius 3 is 1.11 bits per heavy atom. The first-order chi connectivity index (χ1) is 74.2. The molecule has 13 heterocycles. The fraction of sp³-hybridized carbons (Fsp3) is 0.522. The fourth-order valence-electron chi connectivity index (χ4n) is 20.0. The number of fused-ring (bicyclic) bond motifs is 12. The molecule has 0 bridgehead atoms. The van der Waals surface area contributed by atoms with Crippen LogP contribution in [0.2, 0.25) is 0 Å². The highest BCUT2D eigenvalue weighted by Crippen LogP contribution is 2.64. The summed E-state index contributed by atoms with van der Waals surface area (Å²) in [6.45, 7) is -10.7. The van der Waals surface area contributed by atoms with E-state index in [4.69, 9.17) is 163 Å². The van der Waals surface area contributed by atoms with Gasteiger partial charge in [-0.05, 0) is 148 Å². The lowest BCUT2D eigenvalue weighted by Gasteiger charge is -2.48. The number of thiophene rings is 1. The third kappa shape index (κ3) is 18.8. The van der Waals surface area contributed by atoms with E-state index >= 15 is 0 Å². The van der Waals surface area contributed by atoms with Crippen molar-refractivity contribution in [2.24, 2.45) is 35.5 Å². The summed E-state index contributed by atoms with van der Waals surface area (Å²) in [5.41, 5.74) is 0.496. The number of phosphoric acid groups is 3. The molecular formula is C90H99O48P3S. The predicted molar refractivity (Wildman–Crippen MR) is 466 cm³/mol. The summed E-state index contributed by atoms with van der Waals surface area (Å²) in [5, 5.41) is 68.7. The second-order valence-corrected chi connectivity index (χ2v) is 38.7. The lowest BCUT2D eigenvalue weighted by atomic mass is 9.66. The molecule has 6 aromatic carbocycles. The minimum absolute atomic E-state index is 0.0214. The smallest absolute Gasteiger partial charge is 0.493 e. The highest BCUT2D eigenvalue weighted by molar-refractivity contribution is 7.47. The van der Waals surface area contributed by atoms with Crippen LogP contribution in [0.15, 0.2) is 90.3 Å². The van der Waals surface area contributed by atoms with Crippen molar-refractivity contribution in [2.75, 3.05) is 102 Å². The number of phosphoric ester groups is 3. The van der Waals surface area contributed by atoms with E-state index in [1.165, 1.54) is 74.1 Å². The molecule has 48 nitrogen and oxygen atoms in total. The molecule has 7 aromatic rings. The van der Waals surface area contributed by atoms with Crippen molar-refractivity contribution >= 4 is 52.7 Å². The summed E-state index contributed by atoms with van der Waals surface area (Å²) >= 11 is 1.37. The topological polar surface area (TPSA) is 622 Å². The van der Waals surface area contributed by atoms with Gasteiger partial charge in [-0.1, -0.05) is 6.07 Å². The summed E-state index contributed by atoms with van der Waals surface area (Å²) in [6.07, 6.45) is -26.9. The van der Waals surface area contributed by atoms with Gasteiger partial charge in [-0.3, -0.25) is 43.7 Å². The van der Waals surface area contributed by atoms with Gasteiger partial charge < -0.3 is 172 Å². The van der Waals surface area contributed by atoms with Crippen molar-refractivity contribution < 1.29 is 253 Å². The summed E-state index contributed by atoms with van der Waals surface area (Å²) in [5.74, 6) is -22.1. The van der Waals surface area contributed by atoms with Gasteiger partial charge in [-0.25, -0.2) is 13.7 Å². The lowest BCUT2D eigenvalue weighted by Crippen LogP contribution is -2.63. The molecule has 0 amide bonds. The van der Waals surface area contributed by atoms with Crippen LogP contribution in [0.5, 0.6) is 86.2 Å². The van der Waals surface area contributed by atoms with Crippen molar-refractivity contribution in [3.63, 3.8) is 0 Å². The van der Waals surface area contributed by atoms with Crippen molar-refractivity contribution in [2.45, 2.75) is 161 Å². The summed E-state index contributed by atoms with van der Waals surface area (Å²) < 4.78 is 341. The molecule has 1 aromatic heterocycles. The third-order valence-electron chi connectivity index (χ3n) is 26.1. The molecule has 3 aliphatic carbocycles. The number of hydrogen-bond donors (Lipinski definition) is 12. The second kappa shape index (κ2) is 39.5. The maximum atomic E-state index is 13.8. The Morgan fingerprint density at radius 2 is 0.725 bits per heavy atom. The lowest BCUT2D eigenvalue weighted by molar-refractivity contribution is -0.368. The number of aliphatic hydroxyl groups is 6. The number of ether oxygens (including phenoxy) is 27. The van der Waals surface area contributed by atoms with E-state index in [1.807, 2.05) is 5.38 Å². The third-order valence-corrected chi connectivity index (χ3v) is 28.2. The van der Waals surface area contributed by atoms with Gasteiger partial charge >= 0.3 is 41.4 Å². The number of methoxy groups -OCH3 is 6. The highest BCUT2D eigenvalue weighted by Gasteiger charge is 2.62. The number of cyclic esters (lactones) is 3. The standard InChI is InChI=1S/C32H33O16PS.2C29H33O16P/c1-39-19-6-13(7-20(40-2)28(19)48-49(36,37)38)23-14-8-17-18(44-12-43-17)9-15(14)27(16-10-41-30(35)24(16)23)46-32-26(34)25(33)29-21(45-32)11-42-31(47-29)22-4-3-5-50-22;2*1-11-38-9-20-27(42-11)23(30)24(31)29(43-20)44-25-14-7-17-16(40-10-41-17)6-13(14)21(22-15(25)8-39-28(22)32)12-4-18(36-2)26(19(5-12)37-3)45-46(33,34)35/h3-9,16,21,23-27,29,31-34H,10-12H2,1-2H3,(H2,36,37,38);2*4-7,11,15,20-25,27,29-31H,8-10H2,1-3H3,(H2,33,34,35)/t16-,21+,23+,24-,25+,26+,27+,29+,31+,32-;2*11-,15+,20-,21-,22+,23-,24-,25-,27-,29+/m011/s1/i1D3,2D3,12D2;8D2,10D2,21D;8D2,10D2. The van der Waals surface area contributed by atoms with Crippen LogP contribution in [0.25, 0.3) is 0 Å². The Morgan fingerprint density at radius 1 is 0.387 bits per heavy atom. The predicted octanol–water partition coefficient (Wildman–Crippen LogP) is 4.73. The van der Waals surface area contributed by atoms with E-state index in [9.17, 15) is 89.4 Å². The number of carbonyl (C=O) groups is 3. The van der Waals surface area contributed by atoms with Crippen LogP contribution in [-0.4, -0.2) is 285 Å². The Labute approximate surface area is 833 Å². The van der Waals surface area contributed by atoms with Crippen molar-refractivity contribution in [1.82, 2.24) is 0 Å². The monoisotopic (exact) mass is 2090 g/mol. The maximum absolute atomic E-state index is 13.8. The molecular weight excluding hydrogens is 1970 g/mol. The highest BCUT2D eigenvalue weighted by atomic mass is 32.1. The van der Waals surface area contributed by atoms with Crippen LogP contribution in [0.3, 0.4) is 0 Å². The first kappa shape index (κ1) is 80.4. The Hall–Kier alpha value is -9.84. The molecule has 12 aliphatic heterocycles. The van der Waals surface area contributed by atoms with Gasteiger partial charge in [0.15, 0.2) is 107 Å². The SMILES string of the molecule is [2H]C([2H])([2H])Oc1cc([C@@H]2c3cc4c(cc3[C@@H](O[C@@H]3O[C@@H]5CO[C@@H](c6cccs6)O[C@H]5[C@H](O)[C@H]3O)[C@H]3COC(=O)[C@H]23)OC([2H])([2H])O4)cc(OC([2H])([2H])[2H])c1OP(=O)(O)O.[2H]C1([2H])Oc2cc3c(cc2O1)[C@@H](O[C@@H]1O[C@@H]2CO[C@@H](C)O[C@H]2[C@H](O)[C@H]1O)[C@@H]1[C@H](C(=O)OC1([2H])[2H])[C@@H]3c1cc(OC)c(OP(=O)(O)O)c(OC)c1.[2H]C1([2H])Oc2cc3c(cc2O1)[C@@]([2H])(c1cc(OC)c(OP(=O)(O)O)c(OC)c1)[C@H]1C(=O)OC([2H])([2H])[C@@H]1[C@@H]3O[C@@H]1O[C@@H]2CO[C@@H](C)O[C@H]2[C@H](O)[C@H]1O. The summed E-state index contributed by atoms with van der Waals surface area (Å²) in [4.78, 5) is 99.5. The van der Waals surface area contributed by atoms with Crippen LogP contribution in [-0.2, 0) is 99.1 Å². The minimum atomic E-state index is -5.53. The average molecular weight is 2090 g/mol. The number of rotatable bonds is 22. The summed E-state index contributed by atoms with van der Waals surface area (Å²) in [6, 6.07) is 18.3. The van der Waals surface area contributed by atoms with Crippen molar-refractivity contribution in [3.05, 3.63) is 145 Å². The Kier molecular flexibility index (Phi) is 22.4. The first-order valence-electron chi connectivity index (χ1n) is 51.7. The average Bonchev–Trinajstić information content (AvgIpc) is 1.51. The summed E-state index contributed by atoms with van der Waals surface area (Å²) in [7, 11) is -17.7. The van der Waals surface area contributed by atoms with Crippen LogP contribution in [0.1, 0.15) is 134 Å². The van der Waals surface area contributed by atoms with E-state index in [2.05, 4.69) is 0 Å². The molecule has 9 saturated heterocycles. The Balaban J connectivity index is 0.000000143. The zero-order chi connectivity index (χ0) is 115. The minimum Gasteiger partial charge on any atom is -0.493 e. The fourth-order valence-corrected chi connectivity index (χ4v) is 21.9. The van der Waals surface area contributed by atoms with E-state index in [1.54, 1.807) is 26.0 Å². The van der Waals surface area contributed by atoms with Crippen LogP contribution in [0.4, 0.5) is 0 Å². The van der Waals surface area contributed by atoms with E-state index < -0.39 is 300 Å². The van der Waals surface area contributed by atoms with Crippen LogP contribution in [0, 0.1) is 35.5 Å². The molecule has 30 atom stereocenters. The van der Waals surface area contributed by atoms with Crippen molar-refractivity contribution in [3.8, 4) is 86.2 Å². The normalized spacial score (nSPS) is 38.2. The number of hydrogen-bond acceptors (Lipinski definition) is 43. The van der Waals surface area contributed by atoms with Crippen molar-refractivity contribution in [1.29, 1.82) is 0 Å². The van der Waals surface area contributed by atoms with Gasteiger partial charge in [0.05, 0.1) is 137 Å². The second-order valence-electron chi connectivity index (χ2n) is 34.2. The largest absolute Gasteiger partial charge is 0.525 e. The molecule has 0 unspecified atom stereocenters. The Bertz CT molecular complexity index is 6820. The molecule has 768 valence electrons.